The number of aliphatic hydroxyl groups excluding tert-OH is 4. The van der Waals surface area contributed by atoms with Crippen LogP contribution in [0.25, 0.3) is 0 Å². The summed E-state index contributed by atoms with van der Waals surface area (Å²) in [6, 6.07) is 0. The number of aliphatic carboxylic acids is 2. The lowest BCUT2D eigenvalue weighted by Crippen LogP contribution is -2.38. The number of amides is 1. The first-order valence-electron chi connectivity index (χ1n) is 13.8. The van der Waals surface area contributed by atoms with E-state index in [9.17, 15) is 39.6 Å². The number of carbonyl (C=O) groups is 4. The highest BCUT2D eigenvalue weighted by atomic mass is 16.6. The van der Waals surface area contributed by atoms with E-state index in [1.807, 2.05) is 13.8 Å². The van der Waals surface area contributed by atoms with Crippen LogP contribution < -0.4 is 5.32 Å². The number of carbonyl (C=O) groups excluding carboxylic acids is 2. The Morgan fingerprint density at radius 2 is 1.38 bits per heavy atom. The Morgan fingerprint density at radius 1 is 0.821 bits per heavy atom. The van der Waals surface area contributed by atoms with Gasteiger partial charge in [-0.1, -0.05) is 33.6 Å². The number of esters is 1. The highest BCUT2D eigenvalue weighted by Crippen LogP contribution is 2.25. The second-order valence-corrected chi connectivity index (χ2v) is 10.7. The lowest BCUT2D eigenvalue weighted by Gasteiger charge is -2.30. The first kappa shape index (κ1) is 36.7. The van der Waals surface area contributed by atoms with Gasteiger partial charge >= 0.3 is 17.9 Å². The fourth-order valence-electron chi connectivity index (χ4n) is 4.43. The van der Waals surface area contributed by atoms with Crippen molar-refractivity contribution in [3.8, 4) is 0 Å². The molecule has 0 bridgehead atoms. The Labute approximate surface area is 230 Å². The van der Waals surface area contributed by atoms with Crippen molar-refractivity contribution < 1.29 is 54.6 Å². The van der Waals surface area contributed by atoms with Crippen LogP contribution in [0.5, 0.6) is 0 Å². The highest BCUT2D eigenvalue weighted by molar-refractivity contribution is 5.82. The van der Waals surface area contributed by atoms with Crippen molar-refractivity contribution in [3.63, 3.8) is 0 Å². The molecule has 39 heavy (non-hydrogen) atoms. The first-order valence-corrected chi connectivity index (χ1v) is 13.8. The molecule has 1 amide bonds. The van der Waals surface area contributed by atoms with E-state index in [0.717, 1.165) is 0 Å². The van der Waals surface area contributed by atoms with Gasteiger partial charge in [0.2, 0.25) is 5.91 Å². The minimum absolute atomic E-state index is 0.0829. The predicted octanol–water partition coefficient (Wildman–Crippen LogP) is 1.46. The molecule has 0 aromatic heterocycles. The Kier molecular flexibility index (Phi) is 18.6. The van der Waals surface area contributed by atoms with E-state index in [4.69, 9.17) is 14.9 Å². The summed E-state index contributed by atoms with van der Waals surface area (Å²) in [5, 5.41) is 61.6. The zero-order valence-corrected chi connectivity index (χ0v) is 23.6. The quantitative estimate of drug-likeness (QED) is 0.0740. The smallest absolute Gasteiger partial charge is 0.307 e. The summed E-state index contributed by atoms with van der Waals surface area (Å²) in [5.74, 6) is -5.65. The summed E-state index contributed by atoms with van der Waals surface area (Å²) < 4.78 is 5.42. The zero-order valence-electron chi connectivity index (χ0n) is 23.6. The predicted molar refractivity (Wildman–Crippen MR) is 142 cm³/mol. The molecule has 12 heteroatoms. The SMILES string of the molecule is CCC(C)C(OC(=O)CC(CC(=O)O)C(=O)O)C(O)CC(C)CC(O)CCCCC(O)CC(O)CNC(C)=O. The Morgan fingerprint density at radius 3 is 1.87 bits per heavy atom. The molecule has 0 saturated heterocycles. The number of rotatable bonds is 22. The third kappa shape index (κ3) is 17.8. The number of ether oxygens (including phenoxy) is 1. The Bertz CT molecular complexity index is 747. The molecule has 0 heterocycles. The van der Waals surface area contributed by atoms with Crippen molar-refractivity contribution in [2.45, 2.75) is 122 Å². The van der Waals surface area contributed by atoms with Gasteiger partial charge in [-0.05, 0) is 43.9 Å². The third-order valence-electron chi connectivity index (χ3n) is 6.81. The summed E-state index contributed by atoms with van der Waals surface area (Å²) >= 11 is 0. The molecule has 0 aliphatic rings. The van der Waals surface area contributed by atoms with Gasteiger partial charge in [0.15, 0.2) is 0 Å². The maximum atomic E-state index is 12.4. The first-order chi connectivity index (χ1) is 18.2. The third-order valence-corrected chi connectivity index (χ3v) is 6.81. The van der Waals surface area contributed by atoms with Crippen LogP contribution in [0.4, 0.5) is 0 Å². The van der Waals surface area contributed by atoms with Crippen molar-refractivity contribution in [1.82, 2.24) is 5.32 Å². The fourth-order valence-corrected chi connectivity index (χ4v) is 4.43. The van der Waals surface area contributed by atoms with Gasteiger partial charge in [0.05, 0.1) is 43.2 Å². The number of hydrogen-bond donors (Lipinski definition) is 7. The molecule has 0 aromatic rings. The topological polar surface area (TPSA) is 211 Å². The minimum Gasteiger partial charge on any atom is -0.481 e. The van der Waals surface area contributed by atoms with Gasteiger partial charge in [0, 0.05) is 19.9 Å². The molecule has 0 fully saturated rings. The monoisotopic (exact) mass is 563 g/mol. The molecule has 7 N–H and O–H groups in total. The Balaban J connectivity index is 4.61. The maximum Gasteiger partial charge on any atom is 0.307 e. The molecular formula is C27H49NO11. The van der Waals surface area contributed by atoms with Gasteiger partial charge in [-0.2, -0.15) is 0 Å². The standard InChI is InChI=1S/C27H49NO11/c1-5-17(3)26(39-25(36)13-19(27(37)38)12-24(34)35)23(33)11-16(2)10-20(30)8-6-7-9-21(31)14-22(32)15-28-18(4)29/h16-17,19-23,26,30-33H,5-15H2,1-4H3,(H,28,29)(H,34,35)(H,37,38). The number of carboxylic acid groups (broad SMARTS) is 2. The van der Waals surface area contributed by atoms with Crippen LogP contribution >= 0.6 is 0 Å². The number of carboxylic acids is 2. The summed E-state index contributed by atoms with van der Waals surface area (Å²) in [5.41, 5.74) is 0. The van der Waals surface area contributed by atoms with Gasteiger partial charge in [-0.3, -0.25) is 19.2 Å². The van der Waals surface area contributed by atoms with Crippen molar-refractivity contribution >= 4 is 23.8 Å². The average molecular weight is 564 g/mol. The Hall–Kier alpha value is -2.28. The van der Waals surface area contributed by atoms with Gasteiger partial charge < -0.3 is 40.7 Å². The van der Waals surface area contributed by atoms with Crippen molar-refractivity contribution in [1.29, 1.82) is 0 Å². The van der Waals surface area contributed by atoms with Crippen LogP contribution in [0.15, 0.2) is 0 Å². The molecular weight excluding hydrogens is 514 g/mol. The number of hydrogen-bond acceptors (Lipinski definition) is 9. The van der Waals surface area contributed by atoms with Crippen molar-refractivity contribution in [2.75, 3.05) is 6.54 Å². The molecule has 228 valence electrons. The molecule has 8 unspecified atom stereocenters. The summed E-state index contributed by atoms with van der Waals surface area (Å²) in [7, 11) is 0. The number of unbranched alkanes of at least 4 members (excludes halogenated alkanes) is 1. The zero-order chi connectivity index (χ0) is 30.1. The van der Waals surface area contributed by atoms with Crippen molar-refractivity contribution in [2.24, 2.45) is 17.8 Å². The molecule has 0 saturated carbocycles. The van der Waals surface area contributed by atoms with E-state index < -0.39 is 67.2 Å². The van der Waals surface area contributed by atoms with Crippen LogP contribution in [-0.4, -0.2) is 91.5 Å². The largest absolute Gasteiger partial charge is 0.481 e. The van der Waals surface area contributed by atoms with Crippen LogP contribution in [0.2, 0.25) is 0 Å². The lowest BCUT2D eigenvalue weighted by atomic mass is 9.88. The van der Waals surface area contributed by atoms with E-state index in [0.29, 0.717) is 38.5 Å². The second-order valence-electron chi connectivity index (χ2n) is 10.7. The normalized spacial score (nSPS) is 17.6. The van der Waals surface area contributed by atoms with E-state index in [1.165, 1.54) is 6.92 Å². The number of nitrogens with one attached hydrogen (secondary N) is 1. The molecule has 0 aromatic carbocycles. The van der Waals surface area contributed by atoms with Gasteiger partial charge in [0.1, 0.15) is 6.10 Å². The number of aliphatic hydroxyl groups is 4. The molecule has 0 radical (unpaired) electrons. The summed E-state index contributed by atoms with van der Waals surface area (Å²) in [6.07, 6.45) is -1.83. The summed E-state index contributed by atoms with van der Waals surface area (Å²) in [6.45, 7) is 6.94. The van der Waals surface area contributed by atoms with Gasteiger partial charge in [0.25, 0.3) is 0 Å². The molecule has 8 atom stereocenters. The molecule has 0 aliphatic heterocycles. The maximum absolute atomic E-state index is 12.4. The molecule has 0 spiro atoms. The van der Waals surface area contributed by atoms with Crippen LogP contribution in [0.1, 0.15) is 91.9 Å². The van der Waals surface area contributed by atoms with E-state index in [2.05, 4.69) is 5.32 Å². The van der Waals surface area contributed by atoms with Crippen LogP contribution in [-0.2, 0) is 23.9 Å². The average Bonchev–Trinajstić information content (AvgIpc) is 2.82. The van der Waals surface area contributed by atoms with E-state index >= 15 is 0 Å². The van der Waals surface area contributed by atoms with Crippen molar-refractivity contribution in [3.05, 3.63) is 0 Å². The van der Waals surface area contributed by atoms with E-state index in [1.54, 1.807) is 6.92 Å². The summed E-state index contributed by atoms with van der Waals surface area (Å²) in [4.78, 5) is 45.4. The lowest BCUT2D eigenvalue weighted by molar-refractivity contribution is -0.165. The molecule has 0 rings (SSSR count). The minimum atomic E-state index is -1.42. The van der Waals surface area contributed by atoms with Crippen LogP contribution in [0, 0.1) is 17.8 Å². The molecule has 12 nitrogen and oxygen atoms in total. The van der Waals surface area contributed by atoms with Gasteiger partial charge in [-0.15, -0.1) is 0 Å². The van der Waals surface area contributed by atoms with Gasteiger partial charge in [-0.25, -0.2) is 0 Å². The van der Waals surface area contributed by atoms with E-state index in [-0.39, 0.29) is 37.1 Å². The highest BCUT2D eigenvalue weighted by Gasteiger charge is 2.32. The molecule has 0 aliphatic carbocycles. The van der Waals surface area contributed by atoms with Crippen LogP contribution in [0.3, 0.4) is 0 Å². The fraction of sp³-hybridized carbons (Fsp3) is 0.852. The second kappa shape index (κ2) is 19.7.